The Morgan fingerprint density at radius 2 is 1.91 bits per heavy atom. The summed E-state index contributed by atoms with van der Waals surface area (Å²) in [6.07, 6.45) is 7.15. The van der Waals surface area contributed by atoms with Crippen molar-refractivity contribution in [3.05, 3.63) is 63.5 Å². The molecule has 2 aromatic rings. The second-order valence-electron chi connectivity index (χ2n) is 6.47. The van der Waals surface area contributed by atoms with Crippen LogP contribution >= 0.6 is 11.3 Å². The van der Waals surface area contributed by atoms with Crippen molar-refractivity contribution in [2.75, 3.05) is 5.73 Å². The largest absolute Gasteiger partial charge is 0.390 e. The average Bonchev–Trinajstić information content (AvgIpc) is 2.83. The van der Waals surface area contributed by atoms with Gasteiger partial charge >= 0.3 is 0 Å². The number of anilines is 1. The number of nitrogen functional groups attached to an aromatic ring is 1. The molecule has 1 aliphatic carbocycles. The fraction of sp³-hybridized carbons (Fsp3) is 0.211. The van der Waals surface area contributed by atoms with Gasteiger partial charge in [-0.25, -0.2) is 0 Å². The summed E-state index contributed by atoms with van der Waals surface area (Å²) in [4.78, 5) is 12.9. The zero-order chi connectivity index (χ0) is 16.6. The maximum atomic E-state index is 11.8. The summed E-state index contributed by atoms with van der Waals surface area (Å²) >= 11 is 1.48. The first kappa shape index (κ1) is 15.6. The summed E-state index contributed by atoms with van der Waals surface area (Å²) in [5, 5.41) is 0.514. The van der Waals surface area contributed by atoms with Gasteiger partial charge in [-0.05, 0) is 23.6 Å². The van der Waals surface area contributed by atoms with Crippen LogP contribution in [0.2, 0.25) is 0 Å². The number of hydrogen-bond acceptors (Lipinski definition) is 3. The smallest absolute Gasteiger partial charge is 0.252 e. The van der Waals surface area contributed by atoms with Crippen molar-refractivity contribution in [2.24, 2.45) is 5.73 Å². The summed E-state index contributed by atoms with van der Waals surface area (Å²) in [7, 11) is 0. The SMILES string of the molecule is CC1(C)CC(/C=C/c2ccccc2)=Cc2c1sc(N)c2C(N)=O. The number of primary amides is 1. The number of hydrogen-bond donors (Lipinski definition) is 2. The Morgan fingerprint density at radius 3 is 2.57 bits per heavy atom. The number of amides is 1. The van der Waals surface area contributed by atoms with Crippen LogP contribution in [0, 0.1) is 0 Å². The van der Waals surface area contributed by atoms with Crippen LogP contribution in [0.3, 0.4) is 0 Å². The quantitative estimate of drug-likeness (QED) is 0.888. The van der Waals surface area contributed by atoms with E-state index in [9.17, 15) is 4.79 Å². The van der Waals surface area contributed by atoms with Gasteiger partial charge in [-0.2, -0.15) is 0 Å². The van der Waals surface area contributed by atoms with E-state index < -0.39 is 5.91 Å². The van der Waals surface area contributed by atoms with Gasteiger partial charge in [-0.1, -0.05) is 56.3 Å². The Bertz CT molecular complexity index is 813. The number of carbonyl (C=O) groups is 1. The van der Waals surface area contributed by atoms with Gasteiger partial charge in [0.1, 0.15) is 0 Å². The highest BCUT2D eigenvalue weighted by atomic mass is 32.1. The molecule has 0 fully saturated rings. The van der Waals surface area contributed by atoms with Crippen molar-refractivity contribution in [1.82, 2.24) is 0 Å². The van der Waals surface area contributed by atoms with Gasteiger partial charge < -0.3 is 11.5 Å². The number of rotatable bonds is 3. The van der Waals surface area contributed by atoms with Crippen LogP contribution in [0.25, 0.3) is 12.2 Å². The molecular weight excluding hydrogens is 304 g/mol. The van der Waals surface area contributed by atoms with E-state index in [0.29, 0.717) is 10.6 Å². The minimum Gasteiger partial charge on any atom is -0.390 e. The number of benzene rings is 1. The van der Waals surface area contributed by atoms with E-state index in [0.717, 1.165) is 22.4 Å². The maximum absolute atomic E-state index is 11.8. The number of thiophene rings is 1. The Kier molecular flexibility index (Phi) is 3.86. The van der Waals surface area contributed by atoms with Gasteiger partial charge in [0.25, 0.3) is 5.91 Å². The molecule has 4 N–H and O–H groups in total. The van der Waals surface area contributed by atoms with Gasteiger partial charge in [-0.15, -0.1) is 11.3 Å². The van der Waals surface area contributed by atoms with Crippen molar-refractivity contribution in [3.63, 3.8) is 0 Å². The monoisotopic (exact) mass is 324 g/mol. The second-order valence-corrected chi connectivity index (χ2v) is 7.52. The molecule has 1 aliphatic rings. The Hall–Kier alpha value is -2.33. The van der Waals surface area contributed by atoms with Crippen LogP contribution in [-0.4, -0.2) is 5.91 Å². The Morgan fingerprint density at radius 1 is 1.22 bits per heavy atom. The second kappa shape index (κ2) is 5.70. The molecule has 0 saturated carbocycles. The highest BCUT2D eigenvalue weighted by Crippen LogP contribution is 2.46. The predicted octanol–water partition coefficient (Wildman–Crippen LogP) is 4.21. The molecule has 0 saturated heterocycles. The lowest BCUT2D eigenvalue weighted by Gasteiger charge is -2.29. The molecular formula is C19H20N2OS. The Labute approximate surface area is 140 Å². The summed E-state index contributed by atoms with van der Waals surface area (Å²) in [5.41, 5.74) is 15.2. The van der Waals surface area contributed by atoms with Crippen LogP contribution in [0.1, 0.15) is 46.6 Å². The van der Waals surface area contributed by atoms with E-state index in [2.05, 4.69) is 38.1 Å². The molecule has 0 atom stereocenters. The third-order valence-electron chi connectivity index (χ3n) is 4.10. The third-order valence-corrected chi connectivity index (χ3v) is 5.50. The molecule has 23 heavy (non-hydrogen) atoms. The number of fused-ring (bicyclic) bond motifs is 1. The summed E-state index contributed by atoms with van der Waals surface area (Å²) in [6, 6.07) is 10.2. The third kappa shape index (κ3) is 2.94. The van der Waals surface area contributed by atoms with E-state index in [1.807, 2.05) is 24.3 Å². The van der Waals surface area contributed by atoms with Crippen LogP contribution < -0.4 is 11.5 Å². The molecule has 3 nitrogen and oxygen atoms in total. The fourth-order valence-corrected chi connectivity index (χ4v) is 4.21. The molecule has 0 unspecified atom stereocenters. The van der Waals surface area contributed by atoms with Crippen LogP contribution in [0.5, 0.6) is 0 Å². The first-order valence-corrected chi connectivity index (χ1v) is 8.36. The topological polar surface area (TPSA) is 69.1 Å². The van der Waals surface area contributed by atoms with Gasteiger partial charge in [0.2, 0.25) is 0 Å². The highest BCUT2D eigenvalue weighted by Gasteiger charge is 2.33. The summed E-state index contributed by atoms with van der Waals surface area (Å²) < 4.78 is 0. The van der Waals surface area contributed by atoms with Gasteiger partial charge in [0.05, 0.1) is 10.6 Å². The number of allylic oxidation sites excluding steroid dienone is 2. The van der Waals surface area contributed by atoms with E-state index in [1.165, 1.54) is 16.9 Å². The fourth-order valence-electron chi connectivity index (χ4n) is 3.06. The molecule has 1 amide bonds. The molecule has 1 heterocycles. The molecule has 3 rings (SSSR count). The molecule has 4 heteroatoms. The maximum Gasteiger partial charge on any atom is 0.252 e. The van der Waals surface area contributed by atoms with E-state index in [4.69, 9.17) is 11.5 Å². The normalized spacial score (nSPS) is 16.2. The van der Waals surface area contributed by atoms with Crippen LogP contribution in [-0.2, 0) is 5.41 Å². The van der Waals surface area contributed by atoms with Crippen molar-refractivity contribution in [1.29, 1.82) is 0 Å². The summed E-state index contributed by atoms with van der Waals surface area (Å²) in [5.74, 6) is -0.458. The van der Waals surface area contributed by atoms with Gasteiger partial charge in [0.15, 0.2) is 0 Å². The first-order chi connectivity index (χ1) is 10.9. The molecule has 0 aliphatic heterocycles. The number of nitrogens with two attached hydrogens (primary N) is 2. The molecule has 0 radical (unpaired) electrons. The van der Waals surface area contributed by atoms with Crippen LogP contribution in [0.4, 0.5) is 5.00 Å². The van der Waals surface area contributed by atoms with Crippen molar-refractivity contribution in [3.8, 4) is 0 Å². The van der Waals surface area contributed by atoms with Crippen molar-refractivity contribution >= 4 is 34.4 Å². The molecule has 0 spiro atoms. The molecule has 1 aromatic carbocycles. The summed E-state index contributed by atoms with van der Waals surface area (Å²) in [6.45, 7) is 4.35. The number of carbonyl (C=O) groups excluding carboxylic acids is 1. The minimum atomic E-state index is -0.458. The van der Waals surface area contributed by atoms with E-state index in [-0.39, 0.29) is 5.41 Å². The van der Waals surface area contributed by atoms with Crippen LogP contribution in [0.15, 0.2) is 42.0 Å². The lowest BCUT2D eigenvalue weighted by molar-refractivity contribution is 0.100. The van der Waals surface area contributed by atoms with E-state index in [1.54, 1.807) is 0 Å². The molecule has 0 bridgehead atoms. The molecule has 118 valence electrons. The zero-order valence-electron chi connectivity index (χ0n) is 13.3. The van der Waals surface area contributed by atoms with Crippen molar-refractivity contribution in [2.45, 2.75) is 25.7 Å². The lowest BCUT2D eigenvalue weighted by atomic mass is 9.77. The Balaban J connectivity index is 2.04. The first-order valence-electron chi connectivity index (χ1n) is 7.55. The molecule has 1 aromatic heterocycles. The van der Waals surface area contributed by atoms with E-state index >= 15 is 0 Å². The van der Waals surface area contributed by atoms with Crippen molar-refractivity contribution < 1.29 is 4.79 Å². The highest BCUT2D eigenvalue weighted by molar-refractivity contribution is 7.16. The zero-order valence-corrected chi connectivity index (χ0v) is 14.1. The average molecular weight is 324 g/mol. The van der Waals surface area contributed by atoms with Gasteiger partial charge in [-0.3, -0.25) is 4.79 Å². The lowest BCUT2D eigenvalue weighted by Crippen LogP contribution is -2.22. The predicted molar refractivity (Wildman–Crippen MR) is 98.3 cm³/mol. The van der Waals surface area contributed by atoms with Gasteiger partial charge in [0, 0.05) is 15.9 Å². The minimum absolute atomic E-state index is 0.0626. The standard InChI is InChI=1S/C19H20N2OS/c1-19(2)11-13(9-8-12-6-4-3-5-7-12)10-14-15(17(20)22)18(21)23-16(14)19/h3-10H,11,21H2,1-2H3,(H2,20,22)/b9-8+.